The number of rotatable bonds is 11. The summed E-state index contributed by atoms with van der Waals surface area (Å²) < 4.78 is 56.4. The van der Waals surface area contributed by atoms with E-state index in [1.54, 1.807) is 13.8 Å². The summed E-state index contributed by atoms with van der Waals surface area (Å²) in [7, 11) is -6.86. The number of hydrogen-bond acceptors (Lipinski definition) is 6. The van der Waals surface area contributed by atoms with Crippen LogP contribution in [0.15, 0.2) is 0 Å². The van der Waals surface area contributed by atoms with E-state index in [9.17, 15) is 16.8 Å². The summed E-state index contributed by atoms with van der Waals surface area (Å²) in [6.07, 6.45) is 0. The average molecular weight is 391 g/mol. The molecule has 0 aromatic carbocycles. The summed E-state index contributed by atoms with van der Waals surface area (Å²) >= 11 is 4.23. The maximum Gasteiger partial charge on any atom is 0.213 e. The van der Waals surface area contributed by atoms with Crippen molar-refractivity contribution in [3.63, 3.8) is 0 Å². The van der Waals surface area contributed by atoms with Crippen molar-refractivity contribution in [1.82, 2.24) is 9.44 Å². The van der Waals surface area contributed by atoms with Gasteiger partial charge in [-0.2, -0.15) is 12.6 Å². The lowest BCUT2D eigenvalue weighted by atomic mass is 9.98. The Morgan fingerprint density at radius 2 is 1.22 bits per heavy atom. The number of ether oxygens (including phenoxy) is 1. The molecule has 0 bridgehead atoms. The predicted molar refractivity (Wildman–Crippen MR) is 96.9 cm³/mol. The van der Waals surface area contributed by atoms with E-state index in [-0.39, 0.29) is 36.7 Å². The molecule has 0 unspecified atom stereocenters. The molecule has 2 N–H and O–H groups in total. The van der Waals surface area contributed by atoms with Gasteiger partial charge in [-0.15, -0.1) is 0 Å². The first-order valence-electron chi connectivity index (χ1n) is 7.37. The molecule has 10 heteroatoms. The third-order valence-corrected chi connectivity index (χ3v) is 5.27. The molecule has 0 saturated carbocycles. The molecule has 0 saturated heterocycles. The van der Waals surface area contributed by atoms with Crippen molar-refractivity contribution in [2.24, 2.45) is 5.41 Å². The van der Waals surface area contributed by atoms with E-state index in [1.165, 1.54) is 0 Å². The minimum absolute atomic E-state index is 0.0486. The van der Waals surface area contributed by atoms with Crippen molar-refractivity contribution in [2.75, 3.05) is 37.8 Å². The third kappa shape index (κ3) is 15.4. The zero-order valence-corrected chi connectivity index (χ0v) is 17.1. The average Bonchev–Trinajstić information content (AvgIpc) is 2.32. The van der Waals surface area contributed by atoms with E-state index in [2.05, 4.69) is 22.1 Å². The Hall–Kier alpha value is 0.130. The highest BCUT2D eigenvalue weighted by molar-refractivity contribution is 7.89. The molecule has 0 radical (unpaired) electrons. The summed E-state index contributed by atoms with van der Waals surface area (Å²) in [5.74, 6) is -0.410. The monoisotopic (exact) mass is 390 g/mol. The van der Waals surface area contributed by atoms with Gasteiger partial charge in [0.2, 0.25) is 20.0 Å². The van der Waals surface area contributed by atoms with Crippen LogP contribution in [0, 0.1) is 5.41 Å². The van der Waals surface area contributed by atoms with E-state index in [0.717, 1.165) is 0 Å². The van der Waals surface area contributed by atoms with Crippen LogP contribution in [0.3, 0.4) is 0 Å². The first kappa shape index (κ1) is 23.1. The molecule has 0 aliphatic carbocycles. The summed E-state index contributed by atoms with van der Waals surface area (Å²) in [5, 5.41) is 0. The largest absolute Gasteiger partial charge is 0.379 e. The number of nitrogens with one attached hydrogen (secondary N) is 2. The highest BCUT2D eigenvalue weighted by Gasteiger charge is 2.18. The Balaban J connectivity index is 4.00. The maximum absolute atomic E-state index is 11.7. The molecule has 0 rings (SSSR count). The van der Waals surface area contributed by atoms with Gasteiger partial charge < -0.3 is 4.74 Å². The third-order valence-electron chi connectivity index (χ3n) is 2.54. The van der Waals surface area contributed by atoms with Crippen molar-refractivity contribution in [3.05, 3.63) is 0 Å². The molecule has 0 aliphatic rings. The highest BCUT2D eigenvalue weighted by atomic mass is 32.2. The molecule has 7 nitrogen and oxygen atoms in total. The Kier molecular flexibility index (Phi) is 9.05. The smallest absolute Gasteiger partial charge is 0.213 e. The normalized spacial score (nSPS) is 14.2. The van der Waals surface area contributed by atoms with Crippen LogP contribution in [0.2, 0.25) is 0 Å². The van der Waals surface area contributed by atoms with Gasteiger partial charge in [0.1, 0.15) is 0 Å². The lowest BCUT2D eigenvalue weighted by molar-refractivity contribution is 0.164. The first-order chi connectivity index (χ1) is 10.1. The van der Waals surface area contributed by atoms with Gasteiger partial charge in [-0.05, 0) is 19.3 Å². The summed E-state index contributed by atoms with van der Waals surface area (Å²) in [6, 6.07) is 0. The molecule has 0 aromatic rings. The van der Waals surface area contributed by atoms with E-state index in [1.807, 2.05) is 20.8 Å². The van der Waals surface area contributed by atoms with Crippen molar-refractivity contribution in [2.45, 2.75) is 39.4 Å². The molecule has 0 spiro atoms. The summed E-state index contributed by atoms with van der Waals surface area (Å²) in [6.45, 7) is 9.82. The topological polar surface area (TPSA) is 102 Å². The van der Waals surface area contributed by atoms with Crippen molar-refractivity contribution in [1.29, 1.82) is 0 Å². The summed E-state index contributed by atoms with van der Waals surface area (Å²) in [5.41, 5.74) is -0.144. The summed E-state index contributed by atoms with van der Waals surface area (Å²) in [4.78, 5) is 0. The van der Waals surface area contributed by atoms with Crippen molar-refractivity contribution in [3.8, 4) is 0 Å². The maximum atomic E-state index is 11.7. The van der Waals surface area contributed by atoms with Gasteiger partial charge in [0, 0.05) is 17.8 Å². The van der Waals surface area contributed by atoms with Crippen LogP contribution in [0.1, 0.15) is 34.6 Å². The Bertz CT molecular complexity index is 495. The molecular formula is C13H30N2O5S3. The van der Waals surface area contributed by atoms with E-state index >= 15 is 0 Å². The Morgan fingerprint density at radius 3 is 1.57 bits per heavy atom. The molecule has 0 amide bonds. The number of thiol groups is 1. The van der Waals surface area contributed by atoms with Crippen LogP contribution >= 0.6 is 12.6 Å². The molecule has 0 fully saturated rings. The van der Waals surface area contributed by atoms with Gasteiger partial charge in [-0.25, -0.2) is 26.3 Å². The van der Waals surface area contributed by atoms with Gasteiger partial charge in [0.05, 0.1) is 24.7 Å². The molecule has 23 heavy (non-hydrogen) atoms. The lowest BCUT2D eigenvalue weighted by Gasteiger charge is -2.19. The lowest BCUT2D eigenvalue weighted by Crippen LogP contribution is -2.37. The van der Waals surface area contributed by atoms with Crippen LogP contribution in [0.4, 0.5) is 0 Å². The second kappa shape index (κ2) is 9.00. The van der Waals surface area contributed by atoms with E-state index < -0.39 is 24.8 Å². The zero-order chi connectivity index (χ0) is 18.4. The molecule has 0 aromatic heterocycles. The highest BCUT2D eigenvalue weighted by Crippen LogP contribution is 2.11. The second-order valence-corrected chi connectivity index (χ2v) is 12.3. The van der Waals surface area contributed by atoms with Crippen LogP contribution in [-0.2, 0) is 24.8 Å². The molecule has 140 valence electrons. The fourth-order valence-corrected chi connectivity index (χ4v) is 3.58. The van der Waals surface area contributed by atoms with Crippen LogP contribution < -0.4 is 9.44 Å². The minimum Gasteiger partial charge on any atom is -0.379 e. The van der Waals surface area contributed by atoms with E-state index in [0.29, 0.717) is 6.54 Å². The van der Waals surface area contributed by atoms with E-state index in [4.69, 9.17) is 4.74 Å². The SMILES string of the molecule is CC(C)(C)CNS(=O)(=O)CCOCCS(=O)(=O)NCC(C)(C)S. The minimum atomic E-state index is -3.45. The van der Waals surface area contributed by atoms with Gasteiger partial charge >= 0.3 is 0 Å². The standard InChI is InChI=1S/C13H30N2O5S3/c1-12(2,3)10-14-22(16,17)8-6-20-7-9-23(18,19)15-11-13(4,5)21/h14-15,21H,6-11H2,1-5H3. The number of hydrogen-bond donors (Lipinski definition) is 3. The van der Waals surface area contributed by atoms with Gasteiger partial charge in [-0.3, -0.25) is 0 Å². The molecule has 0 aliphatic heterocycles. The van der Waals surface area contributed by atoms with Gasteiger partial charge in [0.15, 0.2) is 0 Å². The number of sulfonamides is 2. The predicted octanol–water partition coefficient (Wildman–Crippen LogP) is 0.596. The van der Waals surface area contributed by atoms with Crippen molar-refractivity contribution >= 4 is 32.7 Å². The van der Waals surface area contributed by atoms with Crippen LogP contribution in [-0.4, -0.2) is 59.4 Å². The molecule has 0 atom stereocenters. The van der Waals surface area contributed by atoms with Crippen LogP contribution in [0.5, 0.6) is 0 Å². The Morgan fingerprint density at radius 1 is 0.826 bits per heavy atom. The van der Waals surface area contributed by atoms with Gasteiger partial charge in [-0.1, -0.05) is 20.8 Å². The quantitative estimate of drug-likeness (QED) is 0.354. The fraction of sp³-hybridized carbons (Fsp3) is 1.00. The van der Waals surface area contributed by atoms with Crippen molar-refractivity contribution < 1.29 is 21.6 Å². The zero-order valence-electron chi connectivity index (χ0n) is 14.5. The first-order valence-corrected chi connectivity index (χ1v) is 11.1. The van der Waals surface area contributed by atoms with Gasteiger partial charge in [0.25, 0.3) is 0 Å². The second-order valence-electron chi connectivity index (χ2n) is 7.27. The Labute approximate surface area is 146 Å². The molecular weight excluding hydrogens is 360 g/mol. The van der Waals surface area contributed by atoms with Crippen LogP contribution in [0.25, 0.3) is 0 Å². The molecule has 0 heterocycles. The fourth-order valence-electron chi connectivity index (χ4n) is 1.20.